The van der Waals surface area contributed by atoms with Crippen LogP contribution in [0.2, 0.25) is 0 Å². The standard InChI is InChI=1S/C18H23FN4O/c19-14-9-7-13(8-10-14)11-16-21-17(23-22-16)12-18(24)20-15-5-3-1-2-4-6-15/h7-10,15H,1-6,11-12H2,(H,20,24)(H,21,22,23). The number of carbonyl (C=O) groups excluding carboxylic acids is 1. The fourth-order valence-corrected chi connectivity index (χ4v) is 3.13. The molecule has 2 N–H and O–H groups in total. The molecule has 0 unspecified atom stereocenters. The minimum atomic E-state index is -0.257. The molecular formula is C18H23FN4O. The highest BCUT2D eigenvalue weighted by atomic mass is 19.1. The van der Waals surface area contributed by atoms with Crippen LogP contribution in [0.15, 0.2) is 24.3 Å². The molecule has 1 fully saturated rings. The molecule has 1 aliphatic carbocycles. The Kier molecular flexibility index (Phi) is 5.56. The Morgan fingerprint density at radius 2 is 1.88 bits per heavy atom. The van der Waals surface area contributed by atoms with Crippen LogP contribution < -0.4 is 5.32 Å². The van der Waals surface area contributed by atoms with Gasteiger partial charge in [-0.1, -0.05) is 37.8 Å². The second-order valence-corrected chi connectivity index (χ2v) is 6.43. The van der Waals surface area contributed by atoms with Crippen LogP contribution in [0.3, 0.4) is 0 Å². The molecule has 1 saturated carbocycles. The van der Waals surface area contributed by atoms with Crippen LogP contribution in [-0.4, -0.2) is 27.1 Å². The summed E-state index contributed by atoms with van der Waals surface area (Å²) < 4.78 is 12.9. The number of hydrogen-bond donors (Lipinski definition) is 2. The number of hydrogen-bond acceptors (Lipinski definition) is 3. The summed E-state index contributed by atoms with van der Waals surface area (Å²) in [6.07, 6.45) is 7.76. The Hall–Kier alpha value is -2.24. The largest absolute Gasteiger partial charge is 0.353 e. The van der Waals surface area contributed by atoms with Gasteiger partial charge in [-0.05, 0) is 30.5 Å². The van der Waals surface area contributed by atoms with Crippen LogP contribution >= 0.6 is 0 Å². The van der Waals surface area contributed by atoms with E-state index in [1.165, 1.54) is 37.8 Å². The Morgan fingerprint density at radius 3 is 2.58 bits per heavy atom. The lowest BCUT2D eigenvalue weighted by Gasteiger charge is -2.15. The molecule has 2 aromatic rings. The van der Waals surface area contributed by atoms with Gasteiger partial charge in [0.05, 0.1) is 6.42 Å². The van der Waals surface area contributed by atoms with E-state index in [1.54, 1.807) is 12.1 Å². The molecule has 24 heavy (non-hydrogen) atoms. The number of aromatic nitrogens is 3. The molecule has 0 radical (unpaired) electrons. The molecule has 1 heterocycles. The van der Waals surface area contributed by atoms with Crippen molar-refractivity contribution in [2.75, 3.05) is 0 Å². The number of carbonyl (C=O) groups is 1. The molecule has 0 atom stereocenters. The first-order valence-electron chi connectivity index (χ1n) is 8.63. The smallest absolute Gasteiger partial charge is 0.227 e. The Balaban J connectivity index is 1.51. The van der Waals surface area contributed by atoms with Gasteiger partial charge < -0.3 is 5.32 Å². The van der Waals surface area contributed by atoms with Crippen molar-refractivity contribution in [2.24, 2.45) is 0 Å². The van der Waals surface area contributed by atoms with Crippen molar-refractivity contribution in [1.29, 1.82) is 0 Å². The molecule has 1 aromatic carbocycles. The van der Waals surface area contributed by atoms with Crippen molar-refractivity contribution in [2.45, 2.75) is 57.4 Å². The van der Waals surface area contributed by atoms with E-state index in [0.717, 1.165) is 18.4 Å². The molecule has 1 aromatic heterocycles. The number of halogens is 1. The molecule has 6 heteroatoms. The van der Waals surface area contributed by atoms with E-state index in [-0.39, 0.29) is 24.2 Å². The predicted octanol–water partition coefficient (Wildman–Crippen LogP) is 2.92. The van der Waals surface area contributed by atoms with E-state index in [9.17, 15) is 9.18 Å². The summed E-state index contributed by atoms with van der Waals surface area (Å²) in [5.41, 5.74) is 0.946. The zero-order valence-corrected chi connectivity index (χ0v) is 13.7. The van der Waals surface area contributed by atoms with E-state index < -0.39 is 0 Å². The molecule has 5 nitrogen and oxygen atoms in total. The first kappa shape index (κ1) is 16.6. The lowest BCUT2D eigenvalue weighted by molar-refractivity contribution is -0.121. The predicted molar refractivity (Wildman–Crippen MR) is 88.9 cm³/mol. The van der Waals surface area contributed by atoms with Crippen molar-refractivity contribution in [3.8, 4) is 0 Å². The maximum Gasteiger partial charge on any atom is 0.227 e. The van der Waals surface area contributed by atoms with E-state index in [2.05, 4.69) is 20.5 Å². The quantitative estimate of drug-likeness (QED) is 0.828. The Labute approximate surface area is 141 Å². The highest BCUT2D eigenvalue weighted by Crippen LogP contribution is 2.17. The van der Waals surface area contributed by atoms with Gasteiger partial charge in [-0.3, -0.25) is 9.89 Å². The van der Waals surface area contributed by atoms with Gasteiger partial charge in [0.15, 0.2) is 5.82 Å². The first-order chi connectivity index (χ1) is 11.7. The van der Waals surface area contributed by atoms with Crippen LogP contribution in [0.1, 0.15) is 55.7 Å². The molecule has 0 bridgehead atoms. The van der Waals surface area contributed by atoms with Gasteiger partial charge in [0.25, 0.3) is 0 Å². The molecular weight excluding hydrogens is 307 g/mol. The van der Waals surface area contributed by atoms with Gasteiger partial charge in [-0.25, -0.2) is 9.37 Å². The van der Waals surface area contributed by atoms with Crippen molar-refractivity contribution < 1.29 is 9.18 Å². The molecule has 0 aliphatic heterocycles. The van der Waals surface area contributed by atoms with E-state index in [1.807, 2.05) is 0 Å². The van der Waals surface area contributed by atoms with Gasteiger partial charge in [0.1, 0.15) is 11.6 Å². The topological polar surface area (TPSA) is 70.7 Å². The lowest BCUT2D eigenvalue weighted by Crippen LogP contribution is -2.35. The van der Waals surface area contributed by atoms with Crippen LogP contribution in [0.4, 0.5) is 4.39 Å². The third-order valence-electron chi connectivity index (χ3n) is 4.40. The summed E-state index contributed by atoms with van der Waals surface area (Å²) in [6.45, 7) is 0. The number of nitrogens with one attached hydrogen (secondary N) is 2. The number of aromatic amines is 1. The third kappa shape index (κ3) is 4.88. The van der Waals surface area contributed by atoms with E-state index in [4.69, 9.17) is 0 Å². The summed E-state index contributed by atoms with van der Waals surface area (Å²) in [5, 5.41) is 10.1. The fraction of sp³-hybridized carbons (Fsp3) is 0.500. The summed E-state index contributed by atoms with van der Waals surface area (Å²) in [4.78, 5) is 16.5. The number of rotatable bonds is 5. The minimum absolute atomic E-state index is 0.0192. The van der Waals surface area contributed by atoms with Crippen LogP contribution in [0, 0.1) is 5.82 Å². The highest BCUT2D eigenvalue weighted by Gasteiger charge is 2.16. The molecule has 3 rings (SSSR count). The molecule has 128 valence electrons. The number of H-pyrrole nitrogens is 1. The average molecular weight is 330 g/mol. The average Bonchev–Trinajstić information content (AvgIpc) is 2.83. The summed E-state index contributed by atoms with van der Waals surface area (Å²) in [7, 11) is 0. The first-order valence-corrected chi connectivity index (χ1v) is 8.63. The van der Waals surface area contributed by atoms with Gasteiger partial charge in [-0.15, -0.1) is 0 Å². The summed E-state index contributed by atoms with van der Waals surface area (Å²) >= 11 is 0. The number of amides is 1. The maximum atomic E-state index is 12.9. The second kappa shape index (κ2) is 8.04. The van der Waals surface area contributed by atoms with Crippen LogP contribution in [0.5, 0.6) is 0 Å². The Bertz CT molecular complexity index is 660. The lowest BCUT2D eigenvalue weighted by atomic mass is 10.1. The molecule has 0 saturated heterocycles. The molecule has 1 aliphatic rings. The third-order valence-corrected chi connectivity index (χ3v) is 4.40. The number of nitrogens with zero attached hydrogens (tertiary/aromatic N) is 2. The monoisotopic (exact) mass is 330 g/mol. The molecule has 0 spiro atoms. The number of benzene rings is 1. The van der Waals surface area contributed by atoms with E-state index in [0.29, 0.717) is 18.1 Å². The highest BCUT2D eigenvalue weighted by molar-refractivity contribution is 5.78. The second-order valence-electron chi connectivity index (χ2n) is 6.43. The van der Waals surface area contributed by atoms with Gasteiger partial charge >= 0.3 is 0 Å². The minimum Gasteiger partial charge on any atom is -0.353 e. The maximum absolute atomic E-state index is 12.9. The summed E-state index contributed by atoms with van der Waals surface area (Å²) in [5.74, 6) is 0.901. The SMILES string of the molecule is O=C(Cc1n[nH]c(Cc2ccc(F)cc2)n1)NC1CCCCCC1. The van der Waals surface area contributed by atoms with E-state index >= 15 is 0 Å². The van der Waals surface area contributed by atoms with Crippen molar-refractivity contribution in [1.82, 2.24) is 20.5 Å². The van der Waals surface area contributed by atoms with Crippen molar-refractivity contribution in [3.05, 3.63) is 47.3 Å². The normalized spacial score (nSPS) is 15.9. The zero-order valence-electron chi connectivity index (χ0n) is 13.7. The van der Waals surface area contributed by atoms with Gasteiger partial charge in [-0.2, -0.15) is 5.10 Å². The van der Waals surface area contributed by atoms with Gasteiger partial charge in [0, 0.05) is 12.5 Å². The van der Waals surface area contributed by atoms with Crippen LogP contribution in [0.25, 0.3) is 0 Å². The molecule has 1 amide bonds. The summed E-state index contributed by atoms with van der Waals surface area (Å²) in [6, 6.07) is 6.57. The zero-order chi connectivity index (χ0) is 16.8. The van der Waals surface area contributed by atoms with Crippen molar-refractivity contribution in [3.63, 3.8) is 0 Å². The van der Waals surface area contributed by atoms with Crippen molar-refractivity contribution >= 4 is 5.91 Å². The van der Waals surface area contributed by atoms with Crippen LogP contribution in [-0.2, 0) is 17.6 Å². The Morgan fingerprint density at radius 1 is 1.17 bits per heavy atom. The fourth-order valence-electron chi connectivity index (χ4n) is 3.13. The van der Waals surface area contributed by atoms with Gasteiger partial charge in [0.2, 0.25) is 5.91 Å².